The summed E-state index contributed by atoms with van der Waals surface area (Å²) in [6.07, 6.45) is 11.5. The number of nitrogens with zero attached hydrogens (tertiary/aromatic N) is 2. The van der Waals surface area contributed by atoms with E-state index in [-0.39, 0.29) is 17.9 Å². The van der Waals surface area contributed by atoms with Crippen LogP contribution < -0.4 is 0 Å². The van der Waals surface area contributed by atoms with Crippen LogP contribution in [-0.4, -0.2) is 23.4 Å². The summed E-state index contributed by atoms with van der Waals surface area (Å²) in [4.78, 5) is 14.5. The van der Waals surface area contributed by atoms with Crippen molar-refractivity contribution >= 4 is 5.91 Å². The fourth-order valence-corrected chi connectivity index (χ4v) is 3.75. The Morgan fingerprint density at radius 1 is 1.20 bits per heavy atom. The minimum atomic E-state index is -0.158. The van der Waals surface area contributed by atoms with E-state index in [1.165, 1.54) is 32.1 Å². The molecule has 2 aliphatic rings. The Hall–Kier alpha value is -1.04. The van der Waals surface area contributed by atoms with Gasteiger partial charge in [-0.1, -0.05) is 26.2 Å². The number of hydrogen-bond acceptors (Lipinski definition) is 2. The van der Waals surface area contributed by atoms with Crippen molar-refractivity contribution in [3.05, 3.63) is 0 Å². The molecular formula is C17H28N2O. The zero-order valence-corrected chi connectivity index (χ0v) is 12.8. The third kappa shape index (κ3) is 3.75. The van der Waals surface area contributed by atoms with E-state index in [9.17, 15) is 10.1 Å². The van der Waals surface area contributed by atoms with E-state index < -0.39 is 0 Å². The minimum absolute atomic E-state index is 0.158. The van der Waals surface area contributed by atoms with Crippen LogP contribution in [0.5, 0.6) is 0 Å². The van der Waals surface area contributed by atoms with Crippen LogP contribution in [0.15, 0.2) is 0 Å². The topological polar surface area (TPSA) is 44.1 Å². The van der Waals surface area contributed by atoms with Gasteiger partial charge in [-0.25, -0.2) is 0 Å². The maximum atomic E-state index is 12.6. The first-order valence-electron chi connectivity index (χ1n) is 8.46. The van der Waals surface area contributed by atoms with Gasteiger partial charge in [0.1, 0.15) is 6.04 Å². The average Bonchev–Trinajstić information content (AvgIpc) is 2.52. The molecule has 0 aromatic rings. The molecule has 1 saturated heterocycles. The molecule has 0 aromatic carbocycles. The van der Waals surface area contributed by atoms with Gasteiger partial charge >= 0.3 is 0 Å². The van der Waals surface area contributed by atoms with Crippen LogP contribution in [0.2, 0.25) is 0 Å². The van der Waals surface area contributed by atoms with Crippen molar-refractivity contribution in [3.63, 3.8) is 0 Å². The van der Waals surface area contributed by atoms with Crippen LogP contribution >= 0.6 is 0 Å². The second kappa shape index (κ2) is 7.67. The van der Waals surface area contributed by atoms with Gasteiger partial charge in [0.05, 0.1) is 6.07 Å². The van der Waals surface area contributed by atoms with Crippen molar-refractivity contribution < 1.29 is 4.79 Å². The molecular weight excluding hydrogens is 248 g/mol. The van der Waals surface area contributed by atoms with E-state index in [1.807, 2.05) is 4.90 Å². The number of piperidine rings is 1. The molecule has 2 rings (SSSR count). The number of rotatable bonds is 4. The third-order valence-electron chi connectivity index (χ3n) is 5.10. The zero-order chi connectivity index (χ0) is 14.4. The first kappa shape index (κ1) is 15.4. The summed E-state index contributed by atoms with van der Waals surface area (Å²) in [5, 5.41) is 9.20. The minimum Gasteiger partial charge on any atom is -0.326 e. The number of amides is 1. The van der Waals surface area contributed by atoms with Crippen molar-refractivity contribution in [1.29, 1.82) is 5.26 Å². The highest BCUT2D eigenvalue weighted by atomic mass is 16.2. The van der Waals surface area contributed by atoms with E-state index >= 15 is 0 Å². The lowest BCUT2D eigenvalue weighted by molar-refractivity contribution is -0.139. The molecule has 0 radical (unpaired) electrons. The molecule has 0 spiro atoms. The van der Waals surface area contributed by atoms with E-state index in [2.05, 4.69) is 13.0 Å². The van der Waals surface area contributed by atoms with Crippen molar-refractivity contribution in [3.8, 4) is 6.07 Å². The molecule has 3 heteroatoms. The normalized spacial score (nSPS) is 30.8. The second-order valence-electron chi connectivity index (χ2n) is 6.53. The maximum absolute atomic E-state index is 12.6. The van der Waals surface area contributed by atoms with Crippen LogP contribution in [0.4, 0.5) is 0 Å². The fraction of sp³-hybridized carbons (Fsp3) is 0.882. The van der Waals surface area contributed by atoms with Gasteiger partial charge in [0, 0.05) is 12.5 Å². The van der Waals surface area contributed by atoms with Crippen molar-refractivity contribution in [1.82, 2.24) is 4.90 Å². The fourth-order valence-electron chi connectivity index (χ4n) is 3.75. The molecule has 1 heterocycles. The van der Waals surface area contributed by atoms with E-state index in [4.69, 9.17) is 0 Å². The first-order chi connectivity index (χ1) is 9.76. The lowest BCUT2D eigenvalue weighted by Crippen LogP contribution is -2.46. The predicted octanol–water partition coefficient (Wildman–Crippen LogP) is 3.89. The van der Waals surface area contributed by atoms with Crippen LogP contribution in [-0.2, 0) is 4.79 Å². The average molecular weight is 276 g/mol. The lowest BCUT2D eigenvalue weighted by Gasteiger charge is -2.36. The van der Waals surface area contributed by atoms with Gasteiger partial charge in [-0.05, 0) is 50.9 Å². The van der Waals surface area contributed by atoms with Gasteiger partial charge in [0.2, 0.25) is 5.91 Å². The molecule has 20 heavy (non-hydrogen) atoms. The van der Waals surface area contributed by atoms with Crippen LogP contribution in [0, 0.1) is 23.2 Å². The highest BCUT2D eigenvalue weighted by Gasteiger charge is 2.33. The molecule has 0 bridgehead atoms. The Morgan fingerprint density at radius 3 is 2.60 bits per heavy atom. The summed E-state index contributed by atoms with van der Waals surface area (Å²) in [5.41, 5.74) is 0. The number of unbranched alkanes of at least 4 members (excludes halogenated alkanes) is 1. The highest BCUT2D eigenvalue weighted by molar-refractivity contribution is 5.79. The van der Waals surface area contributed by atoms with Gasteiger partial charge in [-0.3, -0.25) is 4.79 Å². The molecule has 112 valence electrons. The van der Waals surface area contributed by atoms with Gasteiger partial charge in [-0.15, -0.1) is 0 Å². The summed E-state index contributed by atoms with van der Waals surface area (Å²) < 4.78 is 0. The summed E-state index contributed by atoms with van der Waals surface area (Å²) in [7, 11) is 0. The van der Waals surface area contributed by atoms with Crippen LogP contribution in [0.1, 0.15) is 71.1 Å². The summed E-state index contributed by atoms with van der Waals surface area (Å²) in [6.45, 7) is 3.04. The molecule has 1 unspecified atom stereocenters. The molecule has 1 aliphatic carbocycles. The molecule has 0 N–H and O–H groups in total. The second-order valence-corrected chi connectivity index (χ2v) is 6.53. The van der Waals surface area contributed by atoms with Gasteiger partial charge in [0.25, 0.3) is 0 Å². The lowest BCUT2D eigenvalue weighted by atomic mass is 9.79. The summed E-state index contributed by atoms with van der Waals surface area (Å²) >= 11 is 0. The van der Waals surface area contributed by atoms with E-state index in [0.717, 1.165) is 44.6 Å². The van der Waals surface area contributed by atoms with Crippen molar-refractivity contribution in [2.45, 2.75) is 77.2 Å². The van der Waals surface area contributed by atoms with Gasteiger partial charge in [0.15, 0.2) is 0 Å². The number of carbonyl (C=O) groups excluding carboxylic acids is 1. The smallest absolute Gasteiger partial charge is 0.226 e. The Morgan fingerprint density at radius 2 is 1.95 bits per heavy atom. The zero-order valence-electron chi connectivity index (χ0n) is 12.8. The highest BCUT2D eigenvalue weighted by Crippen LogP contribution is 2.34. The predicted molar refractivity (Wildman–Crippen MR) is 79.9 cm³/mol. The maximum Gasteiger partial charge on any atom is 0.226 e. The van der Waals surface area contributed by atoms with E-state index in [1.54, 1.807) is 0 Å². The molecule has 0 aromatic heterocycles. The van der Waals surface area contributed by atoms with E-state index in [0.29, 0.717) is 0 Å². The van der Waals surface area contributed by atoms with Crippen LogP contribution in [0.25, 0.3) is 0 Å². The third-order valence-corrected chi connectivity index (χ3v) is 5.10. The molecule has 1 atom stereocenters. The Bertz CT molecular complexity index is 352. The molecule has 1 saturated carbocycles. The Labute approximate surface area is 123 Å². The van der Waals surface area contributed by atoms with Crippen molar-refractivity contribution in [2.75, 3.05) is 6.54 Å². The summed E-state index contributed by atoms with van der Waals surface area (Å²) in [6, 6.07) is 2.16. The van der Waals surface area contributed by atoms with Gasteiger partial charge in [-0.2, -0.15) is 5.26 Å². The van der Waals surface area contributed by atoms with Gasteiger partial charge < -0.3 is 4.90 Å². The Kier molecular flexibility index (Phi) is 5.88. The quantitative estimate of drug-likeness (QED) is 0.782. The number of nitriles is 1. The standard InChI is InChI=1S/C17H28N2O/c1-2-3-6-14-8-10-15(11-9-14)17(20)19-12-5-4-7-16(19)13-18/h14-16H,2-12H2,1H3. The molecule has 2 fully saturated rings. The molecule has 1 aliphatic heterocycles. The molecule has 1 amide bonds. The van der Waals surface area contributed by atoms with Crippen molar-refractivity contribution in [2.24, 2.45) is 11.8 Å². The number of carbonyl (C=O) groups is 1. The van der Waals surface area contributed by atoms with Crippen LogP contribution in [0.3, 0.4) is 0 Å². The number of hydrogen-bond donors (Lipinski definition) is 0. The first-order valence-corrected chi connectivity index (χ1v) is 8.46. The number of likely N-dealkylation sites (tertiary alicyclic amines) is 1. The Balaban J connectivity index is 1.83. The largest absolute Gasteiger partial charge is 0.326 e. The molecule has 3 nitrogen and oxygen atoms in total. The SMILES string of the molecule is CCCCC1CCC(C(=O)N2CCCCC2C#N)CC1. The monoisotopic (exact) mass is 276 g/mol. The summed E-state index contributed by atoms with van der Waals surface area (Å²) in [5.74, 6) is 1.30.